The number of carbonyl (C=O) groups excluding carboxylic acids is 5. The number of rotatable bonds is 25. The fourth-order valence-electron chi connectivity index (χ4n) is 3.87. The molecule has 0 fully saturated rings. The Labute approximate surface area is 231 Å². The third-order valence-electron chi connectivity index (χ3n) is 6.02. The van der Waals surface area contributed by atoms with Gasteiger partial charge in [0.2, 0.25) is 5.91 Å². The molecule has 0 heterocycles. The second-order valence-corrected chi connectivity index (χ2v) is 10.4. The molecule has 3 atom stereocenters. The maximum Gasteiger partial charge on any atom is 0.311 e. The van der Waals surface area contributed by atoms with E-state index in [0.29, 0.717) is 18.6 Å². The lowest BCUT2D eigenvalue weighted by atomic mass is 10.00. The molecular weight excluding hydrogens is 514 g/mol. The first kappa shape index (κ1) is 35.9. The predicted molar refractivity (Wildman–Crippen MR) is 146 cm³/mol. The van der Waals surface area contributed by atoms with E-state index in [2.05, 4.69) is 17.0 Å². The van der Waals surface area contributed by atoms with Gasteiger partial charge in [0.25, 0.3) is 6.47 Å². The zero-order valence-corrected chi connectivity index (χ0v) is 24.1. The Balaban J connectivity index is 4.30. The van der Waals surface area contributed by atoms with Crippen molar-refractivity contribution in [2.24, 2.45) is 5.92 Å². The minimum Gasteiger partial charge on any atom is -0.469 e. The summed E-state index contributed by atoms with van der Waals surface area (Å²) in [5.74, 6) is -2.37. The molecule has 0 radical (unpaired) electrons. The number of ketones is 1. The largest absolute Gasteiger partial charge is 0.469 e. The number of aliphatic hydroxyl groups is 1. The van der Waals surface area contributed by atoms with Gasteiger partial charge in [-0.3, -0.25) is 24.0 Å². The van der Waals surface area contributed by atoms with Crippen molar-refractivity contribution in [2.75, 3.05) is 31.8 Å². The third-order valence-corrected chi connectivity index (χ3v) is 7.04. The van der Waals surface area contributed by atoms with E-state index in [0.717, 1.165) is 19.3 Å². The number of ether oxygens (including phenoxy) is 3. The smallest absolute Gasteiger partial charge is 0.311 e. The number of amides is 1. The Morgan fingerprint density at radius 2 is 1.61 bits per heavy atom. The van der Waals surface area contributed by atoms with Crippen LogP contribution in [0.3, 0.4) is 0 Å². The number of thioether (sulfide) groups is 1. The molecule has 0 bridgehead atoms. The molecule has 0 aliphatic heterocycles. The molecule has 0 aromatic rings. The summed E-state index contributed by atoms with van der Waals surface area (Å²) >= 11 is 1.30. The average Bonchev–Trinajstić information content (AvgIpc) is 2.89. The normalized spacial score (nSPS) is 13.2. The fraction of sp³-hybridized carbons (Fsp3) is 0.815. The molecule has 38 heavy (non-hydrogen) atoms. The summed E-state index contributed by atoms with van der Waals surface area (Å²) in [6.07, 6.45) is 10.4. The van der Waals surface area contributed by atoms with E-state index >= 15 is 0 Å². The van der Waals surface area contributed by atoms with Crippen LogP contribution >= 0.6 is 11.8 Å². The molecule has 0 aliphatic rings. The molecule has 0 aromatic carbocycles. The van der Waals surface area contributed by atoms with Gasteiger partial charge in [0, 0.05) is 24.9 Å². The van der Waals surface area contributed by atoms with Crippen LogP contribution in [0.15, 0.2) is 0 Å². The van der Waals surface area contributed by atoms with Gasteiger partial charge in [-0.1, -0.05) is 58.3 Å². The maximum absolute atomic E-state index is 12.5. The first-order valence-electron chi connectivity index (χ1n) is 13.6. The molecule has 0 rings (SSSR count). The van der Waals surface area contributed by atoms with Crippen LogP contribution in [0.25, 0.3) is 0 Å². The number of aliphatic hydroxyl groups excluding tert-OH is 1. The van der Waals surface area contributed by atoms with E-state index in [1.807, 2.05) is 0 Å². The number of Topliss-reactive ketones (excluding diaryl/α,β-unsaturated/α-hetero) is 1. The van der Waals surface area contributed by atoms with E-state index in [9.17, 15) is 29.1 Å². The van der Waals surface area contributed by atoms with Crippen LogP contribution in [0, 0.1) is 5.92 Å². The zero-order chi connectivity index (χ0) is 28.6. The van der Waals surface area contributed by atoms with E-state index in [1.165, 1.54) is 64.3 Å². The third kappa shape index (κ3) is 19.0. The summed E-state index contributed by atoms with van der Waals surface area (Å²) in [4.78, 5) is 58.7. The Morgan fingerprint density at radius 1 is 0.974 bits per heavy atom. The molecule has 0 unspecified atom stereocenters. The van der Waals surface area contributed by atoms with Crippen molar-refractivity contribution < 1.29 is 43.3 Å². The van der Waals surface area contributed by atoms with Crippen LogP contribution in [0.5, 0.6) is 0 Å². The SMILES string of the molecule is CCCCCCCCCCC[C@H](CC(=O)OCCSC[C@H](NC(C)=O)C(=O)C[C@@H](CO)C(=O)OC)OC=O. The van der Waals surface area contributed by atoms with Gasteiger partial charge in [-0.25, -0.2) is 0 Å². The first-order chi connectivity index (χ1) is 18.3. The zero-order valence-electron chi connectivity index (χ0n) is 23.2. The van der Waals surface area contributed by atoms with Gasteiger partial charge in [0.15, 0.2) is 5.78 Å². The van der Waals surface area contributed by atoms with E-state index in [4.69, 9.17) is 9.47 Å². The van der Waals surface area contributed by atoms with Crippen molar-refractivity contribution in [1.82, 2.24) is 5.32 Å². The Morgan fingerprint density at radius 3 is 2.16 bits per heavy atom. The summed E-state index contributed by atoms with van der Waals surface area (Å²) < 4.78 is 14.9. The van der Waals surface area contributed by atoms with E-state index < -0.39 is 48.3 Å². The van der Waals surface area contributed by atoms with Crippen LogP contribution in [-0.2, 0) is 38.2 Å². The molecule has 2 N–H and O–H groups in total. The molecule has 10 nitrogen and oxygen atoms in total. The molecule has 0 aromatic heterocycles. The Kier molecular flexibility index (Phi) is 22.6. The van der Waals surface area contributed by atoms with Crippen molar-refractivity contribution >= 4 is 41.9 Å². The molecule has 0 saturated carbocycles. The lowest BCUT2D eigenvalue weighted by Crippen LogP contribution is -2.43. The molecule has 11 heteroatoms. The second kappa shape index (κ2) is 23.9. The summed E-state index contributed by atoms with van der Waals surface area (Å²) in [5.41, 5.74) is 0. The van der Waals surface area contributed by atoms with E-state index in [1.54, 1.807) is 0 Å². The van der Waals surface area contributed by atoms with Gasteiger partial charge in [-0.2, -0.15) is 11.8 Å². The molecule has 0 saturated heterocycles. The fourth-order valence-corrected chi connectivity index (χ4v) is 4.75. The van der Waals surface area contributed by atoms with Crippen LogP contribution in [-0.4, -0.2) is 79.2 Å². The summed E-state index contributed by atoms with van der Waals surface area (Å²) in [6, 6.07) is -0.853. The quantitative estimate of drug-likeness (QED) is 0.0736. The summed E-state index contributed by atoms with van der Waals surface area (Å²) in [5, 5.41) is 11.9. The highest BCUT2D eigenvalue weighted by atomic mass is 32.2. The van der Waals surface area contributed by atoms with Crippen molar-refractivity contribution in [3.05, 3.63) is 0 Å². The van der Waals surface area contributed by atoms with Crippen molar-refractivity contribution in [2.45, 2.75) is 103 Å². The number of nitrogens with one attached hydrogen (secondary N) is 1. The second-order valence-electron chi connectivity index (χ2n) is 9.30. The van der Waals surface area contributed by atoms with Crippen molar-refractivity contribution in [3.8, 4) is 0 Å². The number of hydrogen-bond donors (Lipinski definition) is 2. The monoisotopic (exact) mass is 561 g/mol. The highest BCUT2D eigenvalue weighted by molar-refractivity contribution is 7.99. The van der Waals surface area contributed by atoms with Gasteiger partial charge in [0.05, 0.1) is 32.1 Å². The van der Waals surface area contributed by atoms with Crippen LogP contribution in [0.1, 0.15) is 90.9 Å². The van der Waals surface area contributed by atoms with Crippen LogP contribution < -0.4 is 5.32 Å². The van der Waals surface area contributed by atoms with E-state index in [-0.39, 0.29) is 25.2 Å². The summed E-state index contributed by atoms with van der Waals surface area (Å²) in [6.45, 7) is 3.40. The number of unbranched alkanes of at least 4 members (excludes halogenated alkanes) is 8. The van der Waals surface area contributed by atoms with Gasteiger partial charge < -0.3 is 24.6 Å². The average molecular weight is 562 g/mol. The Bertz CT molecular complexity index is 689. The van der Waals surface area contributed by atoms with Gasteiger partial charge >= 0.3 is 11.9 Å². The minimum atomic E-state index is -0.994. The van der Waals surface area contributed by atoms with Crippen molar-refractivity contribution in [3.63, 3.8) is 0 Å². The summed E-state index contributed by atoms with van der Waals surface area (Å²) in [7, 11) is 1.17. The number of esters is 2. The lowest BCUT2D eigenvalue weighted by Gasteiger charge is -2.19. The van der Waals surface area contributed by atoms with Crippen molar-refractivity contribution in [1.29, 1.82) is 0 Å². The van der Waals surface area contributed by atoms with Gasteiger partial charge in [0.1, 0.15) is 12.7 Å². The highest BCUT2D eigenvalue weighted by Crippen LogP contribution is 2.15. The standard InChI is InChI=1S/C27H47NO9S/c1-4-5-6-7-8-9-10-11-12-13-23(37-20-30)17-26(33)36-14-15-38-19-24(28-21(2)31)25(32)16-22(18-29)27(34)35-3/h20,22-24,29H,4-19H2,1-3H3,(H,28,31)/t22-,23+,24-/m0/s1. The van der Waals surface area contributed by atoms with Crippen LogP contribution in [0.2, 0.25) is 0 Å². The lowest BCUT2D eigenvalue weighted by molar-refractivity contribution is -0.149. The predicted octanol–water partition coefficient (Wildman–Crippen LogP) is 3.36. The first-order valence-corrected chi connectivity index (χ1v) is 14.7. The minimum absolute atomic E-state index is 0.0104. The number of hydrogen-bond acceptors (Lipinski definition) is 10. The Hall–Kier alpha value is -2.14. The number of carbonyl (C=O) groups is 5. The molecule has 0 aliphatic carbocycles. The number of methoxy groups -OCH3 is 1. The molecular formula is C27H47NO9S. The van der Waals surface area contributed by atoms with Gasteiger partial charge in [-0.05, 0) is 12.8 Å². The molecule has 220 valence electrons. The molecule has 0 spiro atoms. The van der Waals surface area contributed by atoms with Gasteiger partial charge in [-0.15, -0.1) is 0 Å². The molecule has 1 amide bonds. The highest BCUT2D eigenvalue weighted by Gasteiger charge is 2.27. The van der Waals surface area contributed by atoms with Crippen LogP contribution in [0.4, 0.5) is 0 Å². The topological polar surface area (TPSA) is 145 Å². The maximum atomic E-state index is 12.5.